The van der Waals surface area contributed by atoms with E-state index in [4.69, 9.17) is 0 Å². The standard InChI is InChI=1S/C17H37N3O/c1-15(2)18-17(3,14-21)10-6-7-11-20(5)16-8-12-19(4)13-9-16/h15-16,18,21H,6-14H2,1-5H3. The first-order chi connectivity index (χ1) is 9.86. The quantitative estimate of drug-likeness (QED) is 0.638. The minimum atomic E-state index is -0.125. The lowest BCUT2D eigenvalue weighted by molar-refractivity contribution is 0.135. The number of aliphatic hydroxyl groups is 1. The van der Waals surface area contributed by atoms with Crippen LogP contribution in [0.15, 0.2) is 0 Å². The summed E-state index contributed by atoms with van der Waals surface area (Å²) in [4.78, 5) is 4.97. The lowest BCUT2D eigenvalue weighted by atomic mass is 9.94. The first-order valence-electron chi connectivity index (χ1n) is 8.63. The Morgan fingerprint density at radius 2 is 1.90 bits per heavy atom. The molecule has 1 aliphatic rings. The van der Waals surface area contributed by atoms with Crippen LogP contribution < -0.4 is 5.32 Å². The minimum Gasteiger partial charge on any atom is -0.394 e. The highest BCUT2D eigenvalue weighted by molar-refractivity contribution is 4.84. The molecule has 0 aliphatic carbocycles. The normalized spacial score (nSPS) is 21.1. The number of hydrogen-bond acceptors (Lipinski definition) is 4. The molecule has 21 heavy (non-hydrogen) atoms. The zero-order valence-electron chi connectivity index (χ0n) is 14.9. The molecule has 0 aromatic rings. The van der Waals surface area contributed by atoms with Crippen LogP contribution in [0.2, 0.25) is 0 Å². The third kappa shape index (κ3) is 7.09. The van der Waals surface area contributed by atoms with Crippen molar-refractivity contribution in [2.75, 3.05) is 40.3 Å². The average molecular weight is 300 g/mol. The molecule has 0 saturated carbocycles. The molecule has 2 N–H and O–H groups in total. The van der Waals surface area contributed by atoms with Gasteiger partial charge in [-0.05, 0) is 66.3 Å². The Labute approximate surface area is 131 Å². The van der Waals surface area contributed by atoms with Crippen molar-refractivity contribution in [3.05, 3.63) is 0 Å². The molecular formula is C17H37N3O. The molecule has 126 valence electrons. The lowest BCUT2D eigenvalue weighted by Gasteiger charge is -2.35. The van der Waals surface area contributed by atoms with Gasteiger partial charge in [-0.1, -0.05) is 20.3 Å². The van der Waals surface area contributed by atoms with E-state index in [1.165, 1.54) is 45.3 Å². The predicted octanol–water partition coefficient (Wildman–Crippen LogP) is 1.93. The average Bonchev–Trinajstić information content (AvgIpc) is 2.43. The van der Waals surface area contributed by atoms with Gasteiger partial charge in [0.25, 0.3) is 0 Å². The summed E-state index contributed by atoms with van der Waals surface area (Å²) in [5.74, 6) is 0. The summed E-state index contributed by atoms with van der Waals surface area (Å²) >= 11 is 0. The van der Waals surface area contributed by atoms with E-state index in [-0.39, 0.29) is 12.1 Å². The fraction of sp³-hybridized carbons (Fsp3) is 1.00. The van der Waals surface area contributed by atoms with Crippen LogP contribution in [0.3, 0.4) is 0 Å². The van der Waals surface area contributed by atoms with Crippen molar-refractivity contribution in [2.45, 2.75) is 70.5 Å². The van der Waals surface area contributed by atoms with E-state index in [0.717, 1.165) is 12.5 Å². The van der Waals surface area contributed by atoms with Crippen molar-refractivity contribution in [1.29, 1.82) is 0 Å². The second kappa shape index (κ2) is 9.09. The molecule has 0 amide bonds. The van der Waals surface area contributed by atoms with Crippen molar-refractivity contribution >= 4 is 0 Å². The Bertz CT molecular complexity index is 277. The number of likely N-dealkylation sites (tertiary alicyclic amines) is 1. The molecule has 4 heteroatoms. The molecule has 0 bridgehead atoms. The number of hydrogen-bond donors (Lipinski definition) is 2. The molecule has 4 nitrogen and oxygen atoms in total. The fourth-order valence-corrected chi connectivity index (χ4v) is 3.39. The molecule has 1 atom stereocenters. The molecule has 1 fully saturated rings. The Hall–Kier alpha value is -0.160. The van der Waals surface area contributed by atoms with E-state index in [2.05, 4.69) is 50.0 Å². The summed E-state index contributed by atoms with van der Waals surface area (Å²) in [5.41, 5.74) is -0.125. The van der Waals surface area contributed by atoms with Gasteiger partial charge in [-0.3, -0.25) is 0 Å². The molecular weight excluding hydrogens is 262 g/mol. The van der Waals surface area contributed by atoms with Gasteiger partial charge in [0.1, 0.15) is 0 Å². The molecule has 1 rings (SSSR count). The van der Waals surface area contributed by atoms with Crippen molar-refractivity contribution in [1.82, 2.24) is 15.1 Å². The fourth-order valence-electron chi connectivity index (χ4n) is 3.39. The number of rotatable bonds is 9. The molecule has 0 aromatic carbocycles. The van der Waals surface area contributed by atoms with Crippen molar-refractivity contribution in [2.24, 2.45) is 0 Å². The van der Waals surface area contributed by atoms with E-state index >= 15 is 0 Å². The van der Waals surface area contributed by atoms with Crippen LogP contribution in [-0.2, 0) is 0 Å². The van der Waals surface area contributed by atoms with Crippen LogP contribution in [0.5, 0.6) is 0 Å². The number of nitrogens with zero attached hydrogens (tertiary/aromatic N) is 2. The largest absolute Gasteiger partial charge is 0.394 e. The van der Waals surface area contributed by atoms with Crippen molar-refractivity contribution in [3.8, 4) is 0 Å². The predicted molar refractivity (Wildman–Crippen MR) is 90.8 cm³/mol. The van der Waals surface area contributed by atoms with E-state index < -0.39 is 0 Å². The Balaban J connectivity index is 2.20. The number of nitrogens with one attached hydrogen (secondary N) is 1. The monoisotopic (exact) mass is 299 g/mol. The topological polar surface area (TPSA) is 38.7 Å². The Morgan fingerprint density at radius 1 is 1.29 bits per heavy atom. The minimum absolute atomic E-state index is 0.125. The molecule has 1 aliphatic heterocycles. The van der Waals surface area contributed by atoms with Gasteiger partial charge in [0, 0.05) is 17.6 Å². The second-order valence-electron chi connectivity index (χ2n) is 7.49. The lowest BCUT2D eigenvalue weighted by Crippen LogP contribution is -2.49. The van der Waals surface area contributed by atoms with Crippen LogP contribution in [-0.4, -0.2) is 72.9 Å². The summed E-state index contributed by atoms with van der Waals surface area (Å²) in [6.07, 6.45) is 6.04. The van der Waals surface area contributed by atoms with Crippen molar-refractivity contribution < 1.29 is 5.11 Å². The molecule has 1 unspecified atom stereocenters. The molecule has 1 heterocycles. The number of unbranched alkanes of at least 4 members (excludes halogenated alkanes) is 1. The van der Waals surface area contributed by atoms with Crippen LogP contribution in [0.4, 0.5) is 0 Å². The summed E-state index contributed by atoms with van der Waals surface area (Å²) in [5, 5.41) is 13.1. The highest BCUT2D eigenvalue weighted by Gasteiger charge is 2.24. The highest BCUT2D eigenvalue weighted by atomic mass is 16.3. The van der Waals surface area contributed by atoms with Crippen molar-refractivity contribution in [3.63, 3.8) is 0 Å². The first-order valence-corrected chi connectivity index (χ1v) is 8.63. The van der Waals surface area contributed by atoms with Gasteiger partial charge < -0.3 is 20.2 Å². The van der Waals surface area contributed by atoms with Crippen LogP contribution in [0.25, 0.3) is 0 Å². The van der Waals surface area contributed by atoms with Gasteiger partial charge in [-0.25, -0.2) is 0 Å². The summed E-state index contributed by atoms with van der Waals surface area (Å²) in [7, 11) is 4.49. The van der Waals surface area contributed by atoms with E-state index in [9.17, 15) is 5.11 Å². The first kappa shape index (κ1) is 18.9. The zero-order chi connectivity index (χ0) is 15.9. The number of aliphatic hydroxyl groups excluding tert-OH is 1. The van der Waals surface area contributed by atoms with Gasteiger partial charge in [0.05, 0.1) is 6.61 Å². The summed E-state index contributed by atoms with van der Waals surface area (Å²) in [6, 6.07) is 1.18. The van der Waals surface area contributed by atoms with Gasteiger partial charge in [0.15, 0.2) is 0 Å². The third-order valence-electron chi connectivity index (χ3n) is 4.79. The maximum absolute atomic E-state index is 9.59. The third-order valence-corrected chi connectivity index (χ3v) is 4.79. The van der Waals surface area contributed by atoms with Gasteiger partial charge in [-0.15, -0.1) is 0 Å². The number of piperidine rings is 1. The maximum atomic E-state index is 9.59. The maximum Gasteiger partial charge on any atom is 0.0610 e. The molecule has 0 aromatic heterocycles. The van der Waals surface area contributed by atoms with Gasteiger partial charge in [-0.2, -0.15) is 0 Å². The van der Waals surface area contributed by atoms with E-state index in [0.29, 0.717) is 6.04 Å². The Kier molecular flexibility index (Phi) is 8.17. The molecule has 0 spiro atoms. The Morgan fingerprint density at radius 3 is 2.43 bits per heavy atom. The molecule has 0 radical (unpaired) electrons. The smallest absolute Gasteiger partial charge is 0.0610 e. The van der Waals surface area contributed by atoms with Gasteiger partial charge in [0.2, 0.25) is 0 Å². The SMILES string of the molecule is CC(C)NC(C)(CO)CCCCN(C)C1CCN(C)CC1. The molecule has 1 saturated heterocycles. The van der Waals surface area contributed by atoms with Gasteiger partial charge >= 0.3 is 0 Å². The summed E-state index contributed by atoms with van der Waals surface area (Å²) < 4.78 is 0. The van der Waals surface area contributed by atoms with Crippen LogP contribution in [0, 0.1) is 0 Å². The zero-order valence-corrected chi connectivity index (χ0v) is 14.9. The van der Waals surface area contributed by atoms with Crippen LogP contribution >= 0.6 is 0 Å². The van der Waals surface area contributed by atoms with E-state index in [1.807, 2.05) is 0 Å². The highest BCUT2D eigenvalue weighted by Crippen LogP contribution is 2.17. The van der Waals surface area contributed by atoms with E-state index in [1.54, 1.807) is 0 Å². The van der Waals surface area contributed by atoms with Crippen LogP contribution in [0.1, 0.15) is 52.9 Å². The summed E-state index contributed by atoms with van der Waals surface area (Å²) in [6.45, 7) is 10.3. The second-order valence-corrected chi connectivity index (χ2v) is 7.49.